The van der Waals surface area contributed by atoms with Crippen molar-refractivity contribution in [2.75, 3.05) is 19.0 Å². The summed E-state index contributed by atoms with van der Waals surface area (Å²) in [4.78, 5) is 12.2. The SMILES string of the molecule is C=CCOc1ccc(NC(=O)C(Cl)c2ccc(OC)cc2)cc1. The van der Waals surface area contributed by atoms with Crippen LogP contribution < -0.4 is 14.8 Å². The molecule has 0 saturated carbocycles. The highest BCUT2D eigenvalue weighted by Gasteiger charge is 2.17. The number of methoxy groups -OCH3 is 1. The van der Waals surface area contributed by atoms with Crippen molar-refractivity contribution in [2.45, 2.75) is 5.38 Å². The van der Waals surface area contributed by atoms with Gasteiger partial charge in [0.2, 0.25) is 5.91 Å². The van der Waals surface area contributed by atoms with E-state index in [1.165, 1.54) is 0 Å². The minimum Gasteiger partial charge on any atom is -0.497 e. The summed E-state index contributed by atoms with van der Waals surface area (Å²) in [5, 5.41) is 1.99. The van der Waals surface area contributed by atoms with Crippen LogP contribution in [0, 0.1) is 0 Å². The van der Waals surface area contributed by atoms with E-state index in [9.17, 15) is 4.79 Å². The topological polar surface area (TPSA) is 47.6 Å². The molecule has 1 atom stereocenters. The highest BCUT2D eigenvalue weighted by atomic mass is 35.5. The Morgan fingerprint density at radius 1 is 1.17 bits per heavy atom. The Labute approximate surface area is 140 Å². The molecule has 1 amide bonds. The molecule has 1 unspecified atom stereocenters. The number of carbonyl (C=O) groups is 1. The van der Waals surface area contributed by atoms with E-state index >= 15 is 0 Å². The molecule has 23 heavy (non-hydrogen) atoms. The summed E-state index contributed by atoms with van der Waals surface area (Å²) in [6, 6.07) is 14.1. The highest BCUT2D eigenvalue weighted by Crippen LogP contribution is 2.25. The molecule has 0 spiro atoms. The monoisotopic (exact) mass is 331 g/mol. The van der Waals surface area contributed by atoms with Crippen molar-refractivity contribution in [3.63, 3.8) is 0 Å². The summed E-state index contributed by atoms with van der Waals surface area (Å²) in [7, 11) is 1.59. The van der Waals surface area contributed by atoms with Crippen molar-refractivity contribution >= 4 is 23.2 Å². The van der Waals surface area contributed by atoms with Gasteiger partial charge in [-0.05, 0) is 42.0 Å². The van der Waals surface area contributed by atoms with Crippen LogP contribution in [-0.4, -0.2) is 19.6 Å². The largest absolute Gasteiger partial charge is 0.497 e. The van der Waals surface area contributed by atoms with Gasteiger partial charge in [0.25, 0.3) is 0 Å². The van der Waals surface area contributed by atoms with E-state index in [0.29, 0.717) is 29.4 Å². The first-order chi connectivity index (χ1) is 11.1. The number of ether oxygens (including phenoxy) is 2. The van der Waals surface area contributed by atoms with E-state index in [1.54, 1.807) is 61.7 Å². The van der Waals surface area contributed by atoms with E-state index < -0.39 is 5.38 Å². The van der Waals surface area contributed by atoms with Crippen LogP contribution in [0.3, 0.4) is 0 Å². The minimum atomic E-state index is -0.780. The van der Waals surface area contributed by atoms with Gasteiger partial charge in [0.15, 0.2) is 0 Å². The minimum absolute atomic E-state index is 0.295. The highest BCUT2D eigenvalue weighted by molar-refractivity contribution is 6.32. The molecule has 1 N–H and O–H groups in total. The Morgan fingerprint density at radius 2 is 1.78 bits per heavy atom. The first-order valence-electron chi connectivity index (χ1n) is 7.06. The summed E-state index contributed by atoms with van der Waals surface area (Å²) >= 11 is 6.21. The van der Waals surface area contributed by atoms with Gasteiger partial charge in [0, 0.05) is 5.69 Å². The maximum atomic E-state index is 12.2. The third-order valence-electron chi connectivity index (χ3n) is 3.13. The summed E-state index contributed by atoms with van der Waals surface area (Å²) in [5.41, 5.74) is 1.36. The van der Waals surface area contributed by atoms with Crippen LogP contribution in [0.15, 0.2) is 61.2 Å². The number of nitrogens with one attached hydrogen (secondary N) is 1. The first-order valence-corrected chi connectivity index (χ1v) is 7.50. The third-order valence-corrected chi connectivity index (χ3v) is 3.58. The lowest BCUT2D eigenvalue weighted by atomic mass is 10.1. The number of amides is 1. The lowest BCUT2D eigenvalue weighted by Gasteiger charge is -2.12. The van der Waals surface area contributed by atoms with Gasteiger partial charge >= 0.3 is 0 Å². The molecular weight excluding hydrogens is 314 g/mol. The zero-order chi connectivity index (χ0) is 16.7. The van der Waals surface area contributed by atoms with Crippen LogP contribution in [0.5, 0.6) is 11.5 Å². The summed E-state index contributed by atoms with van der Waals surface area (Å²) in [6.07, 6.45) is 1.67. The predicted octanol–water partition coefficient (Wildman–Crippen LogP) is 4.18. The Balaban J connectivity index is 1.98. The van der Waals surface area contributed by atoms with E-state index in [-0.39, 0.29) is 5.91 Å². The van der Waals surface area contributed by atoms with Crippen LogP contribution in [0.2, 0.25) is 0 Å². The summed E-state index contributed by atoms with van der Waals surface area (Å²) in [6.45, 7) is 4.02. The molecule has 0 aromatic heterocycles. The van der Waals surface area contributed by atoms with Gasteiger partial charge in [0.05, 0.1) is 7.11 Å². The van der Waals surface area contributed by atoms with Crippen LogP contribution in [0.1, 0.15) is 10.9 Å². The zero-order valence-electron chi connectivity index (χ0n) is 12.8. The molecule has 0 saturated heterocycles. The quantitative estimate of drug-likeness (QED) is 0.611. The average molecular weight is 332 g/mol. The second-order valence-corrected chi connectivity index (χ2v) is 5.19. The number of carbonyl (C=O) groups excluding carboxylic acids is 1. The van der Waals surface area contributed by atoms with E-state index in [2.05, 4.69) is 11.9 Å². The van der Waals surface area contributed by atoms with Crippen molar-refractivity contribution in [3.05, 3.63) is 66.7 Å². The molecule has 0 aliphatic carbocycles. The maximum Gasteiger partial charge on any atom is 0.246 e. The zero-order valence-corrected chi connectivity index (χ0v) is 13.5. The van der Waals surface area contributed by atoms with Gasteiger partial charge in [-0.2, -0.15) is 0 Å². The molecule has 0 heterocycles. The molecule has 120 valence electrons. The van der Waals surface area contributed by atoms with Gasteiger partial charge in [-0.15, -0.1) is 11.6 Å². The van der Waals surface area contributed by atoms with Gasteiger partial charge in [0.1, 0.15) is 23.5 Å². The van der Waals surface area contributed by atoms with Crippen molar-refractivity contribution < 1.29 is 14.3 Å². The molecule has 0 bridgehead atoms. The predicted molar refractivity (Wildman–Crippen MR) is 92.4 cm³/mol. The number of halogens is 1. The Hall–Kier alpha value is -2.46. The maximum absolute atomic E-state index is 12.2. The fraction of sp³-hybridized carbons (Fsp3) is 0.167. The molecule has 0 aliphatic heterocycles. The molecule has 5 heteroatoms. The van der Waals surface area contributed by atoms with Crippen molar-refractivity contribution in [1.29, 1.82) is 0 Å². The normalized spacial score (nSPS) is 11.4. The second-order valence-electron chi connectivity index (χ2n) is 4.75. The fourth-order valence-corrected chi connectivity index (χ4v) is 2.12. The number of rotatable bonds is 7. The second kappa shape index (κ2) is 8.25. The lowest BCUT2D eigenvalue weighted by Crippen LogP contribution is -2.17. The molecular formula is C18H18ClNO3. The van der Waals surface area contributed by atoms with E-state index in [0.717, 1.165) is 0 Å². The standard InChI is InChI=1S/C18H18ClNO3/c1-3-12-23-16-10-6-14(7-11-16)20-18(21)17(19)13-4-8-15(22-2)9-5-13/h3-11,17H,1,12H2,2H3,(H,20,21). The number of benzene rings is 2. The lowest BCUT2D eigenvalue weighted by molar-refractivity contribution is -0.116. The van der Waals surface area contributed by atoms with Crippen LogP contribution >= 0.6 is 11.6 Å². The molecule has 0 aliphatic rings. The van der Waals surface area contributed by atoms with Crippen LogP contribution in [0.4, 0.5) is 5.69 Å². The smallest absolute Gasteiger partial charge is 0.246 e. The Bertz CT molecular complexity index is 653. The summed E-state index contributed by atoms with van der Waals surface area (Å²) < 4.78 is 10.5. The van der Waals surface area contributed by atoms with E-state index in [4.69, 9.17) is 21.1 Å². The van der Waals surface area contributed by atoms with E-state index in [1.807, 2.05) is 0 Å². The molecule has 4 nitrogen and oxygen atoms in total. The average Bonchev–Trinajstić information content (AvgIpc) is 2.60. The molecule has 2 rings (SSSR count). The molecule has 2 aromatic rings. The molecule has 0 radical (unpaired) electrons. The number of anilines is 1. The Kier molecular flexibility index (Phi) is 6.06. The van der Waals surface area contributed by atoms with Crippen molar-refractivity contribution in [3.8, 4) is 11.5 Å². The molecule has 0 fully saturated rings. The number of alkyl halides is 1. The van der Waals surface area contributed by atoms with Crippen molar-refractivity contribution in [1.82, 2.24) is 0 Å². The molecule has 2 aromatic carbocycles. The van der Waals surface area contributed by atoms with Crippen LogP contribution in [-0.2, 0) is 4.79 Å². The van der Waals surface area contributed by atoms with Gasteiger partial charge in [-0.1, -0.05) is 24.8 Å². The summed E-state index contributed by atoms with van der Waals surface area (Å²) in [5.74, 6) is 1.13. The first kappa shape index (κ1) is 16.9. The third kappa shape index (κ3) is 4.76. The van der Waals surface area contributed by atoms with Gasteiger partial charge in [-0.3, -0.25) is 4.79 Å². The Morgan fingerprint density at radius 3 is 2.35 bits per heavy atom. The number of hydrogen-bond donors (Lipinski definition) is 1. The van der Waals surface area contributed by atoms with Crippen molar-refractivity contribution in [2.24, 2.45) is 0 Å². The van der Waals surface area contributed by atoms with Gasteiger partial charge < -0.3 is 14.8 Å². The fourth-order valence-electron chi connectivity index (χ4n) is 1.92. The van der Waals surface area contributed by atoms with Gasteiger partial charge in [-0.25, -0.2) is 0 Å². The van der Waals surface area contributed by atoms with Crippen LogP contribution in [0.25, 0.3) is 0 Å². The number of hydrogen-bond acceptors (Lipinski definition) is 3.